The first-order valence-corrected chi connectivity index (χ1v) is 8.92. The van der Waals surface area contributed by atoms with Gasteiger partial charge in [0, 0.05) is 25.5 Å². The number of hydrogen-bond acceptors (Lipinski definition) is 5. The van der Waals surface area contributed by atoms with E-state index in [1.807, 2.05) is 0 Å². The standard InChI is InChI=1S/C20H21N3O4/c1-2-27-20(26)16-7-3-4-8-17(16)22-18(24)14-11-15(13-21-12-14)19(25)23-9-5-6-10-23/h3-4,7-8,11-13H,2,5-6,9-10H2,1H3,(H,22,24). The molecule has 2 heterocycles. The van der Waals surface area contributed by atoms with Gasteiger partial charge in [-0.15, -0.1) is 0 Å². The van der Waals surface area contributed by atoms with Crippen molar-refractivity contribution in [2.75, 3.05) is 25.0 Å². The maximum Gasteiger partial charge on any atom is 0.340 e. The number of nitrogens with zero attached hydrogens (tertiary/aromatic N) is 2. The zero-order valence-corrected chi connectivity index (χ0v) is 15.1. The zero-order valence-electron chi connectivity index (χ0n) is 15.1. The van der Waals surface area contributed by atoms with Crippen LogP contribution in [0.25, 0.3) is 0 Å². The van der Waals surface area contributed by atoms with E-state index in [0.29, 0.717) is 11.3 Å². The summed E-state index contributed by atoms with van der Waals surface area (Å²) in [5.41, 5.74) is 1.24. The second-order valence-corrected chi connectivity index (χ2v) is 6.18. The van der Waals surface area contributed by atoms with Crippen molar-refractivity contribution in [2.45, 2.75) is 19.8 Å². The molecular formula is C20H21N3O4. The first kappa shape index (κ1) is 18.6. The van der Waals surface area contributed by atoms with Crippen LogP contribution >= 0.6 is 0 Å². The molecule has 0 bridgehead atoms. The van der Waals surface area contributed by atoms with Crippen LogP contribution in [0.2, 0.25) is 0 Å². The Morgan fingerprint density at radius 3 is 2.56 bits per heavy atom. The van der Waals surface area contributed by atoms with Gasteiger partial charge in [0.2, 0.25) is 0 Å². The third-order valence-corrected chi connectivity index (χ3v) is 4.31. The van der Waals surface area contributed by atoms with Crippen LogP contribution in [0.1, 0.15) is 50.8 Å². The lowest BCUT2D eigenvalue weighted by atomic mass is 10.1. The summed E-state index contributed by atoms with van der Waals surface area (Å²) in [6.07, 6.45) is 4.83. The maximum atomic E-state index is 12.6. The molecule has 1 aliphatic heterocycles. The normalized spacial score (nSPS) is 13.3. The van der Waals surface area contributed by atoms with Gasteiger partial charge in [-0.1, -0.05) is 12.1 Å². The van der Waals surface area contributed by atoms with Gasteiger partial charge in [0.15, 0.2) is 0 Å². The third-order valence-electron chi connectivity index (χ3n) is 4.31. The van der Waals surface area contributed by atoms with E-state index in [-0.39, 0.29) is 23.6 Å². The summed E-state index contributed by atoms with van der Waals surface area (Å²) in [6.45, 7) is 3.41. The van der Waals surface area contributed by atoms with Crippen molar-refractivity contribution in [2.24, 2.45) is 0 Å². The van der Waals surface area contributed by atoms with Gasteiger partial charge in [0.05, 0.1) is 29.0 Å². The molecule has 27 heavy (non-hydrogen) atoms. The number of benzene rings is 1. The molecule has 0 aliphatic carbocycles. The molecule has 0 spiro atoms. The minimum atomic E-state index is -0.510. The van der Waals surface area contributed by atoms with Gasteiger partial charge in [0.25, 0.3) is 11.8 Å². The van der Waals surface area contributed by atoms with Gasteiger partial charge in [0.1, 0.15) is 0 Å². The van der Waals surface area contributed by atoms with Crippen molar-refractivity contribution in [1.29, 1.82) is 0 Å². The molecule has 1 saturated heterocycles. The highest BCUT2D eigenvalue weighted by molar-refractivity contribution is 6.08. The molecule has 7 nitrogen and oxygen atoms in total. The SMILES string of the molecule is CCOC(=O)c1ccccc1NC(=O)c1cncc(C(=O)N2CCCC2)c1. The third kappa shape index (κ3) is 4.31. The van der Waals surface area contributed by atoms with Gasteiger partial charge >= 0.3 is 5.97 Å². The van der Waals surface area contributed by atoms with Gasteiger partial charge < -0.3 is 15.0 Å². The molecule has 0 radical (unpaired) electrons. The highest BCUT2D eigenvalue weighted by atomic mass is 16.5. The smallest absolute Gasteiger partial charge is 0.340 e. The number of carbonyl (C=O) groups excluding carboxylic acids is 3. The Morgan fingerprint density at radius 1 is 1.11 bits per heavy atom. The molecule has 140 valence electrons. The average molecular weight is 367 g/mol. The second-order valence-electron chi connectivity index (χ2n) is 6.18. The number of carbonyl (C=O) groups is 3. The monoisotopic (exact) mass is 367 g/mol. The zero-order chi connectivity index (χ0) is 19.2. The number of amides is 2. The van der Waals surface area contributed by atoms with Crippen LogP contribution in [0, 0.1) is 0 Å². The van der Waals surface area contributed by atoms with Crippen molar-refractivity contribution in [3.8, 4) is 0 Å². The molecule has 1 aliphatic rings. The largest absolute Gasteiger partial charge is 0.462 e. The van der Waals surface area contributed by atoms with E-state index in [1.54, 1.807) is 36.1 Å². The lowest BCUT2D eigenvalue weighted by molar-refractivity contribution is 0.0527. The molecule has 3 rings (SSSR count). The summed E-state index contributed by atoms with van der Waals surface area (Å²) in [6, 6.07) is 8.13. The van der Waals surface area contributed by atoms with E-state index in [1.165, 1.54) is 18.5 Å². The maximum absolute atomic E-state index is 12.6. The predicted octanol–water partition coefficient (Wildman–Crippen LogP) is 2.75. The average Bonchev–Trinajstić information content (AvgIpc) is 3.23. The van der Waals surface area contributed by atoms with Crippen molar-refractivity contribution >= 4 is 23.5 Å². The second kappa shape index (κ2) is 8.44. The molecule has 0 atom stereocenters. The van der Waals surface area contributed by atoms with E-state index in [4.69, 9.17) is 4.74 Å². The minimum absolute atomic E-state index is 0.124. The topological polar surface area (TPSA) is 88.6 Å². The summed E-state index contributed by atoms with van der Waals surface area (Å²) in [4.78, 5) is 42.9. The molecule has 2 amide bonds. The fraction of sp³-hybridized carbons (Fsp3) is 0.300. The van der Waals surface area contributed by atoms with Crippen LogP contribution in [-0.4, -0.2) is 47.4 Å². The molecule has 1 fully saturated rings. The number of hydrogen-bond donors (Lipinski definition) is 1. The summed E-state index contributed by atoms with van der Waals surface area (Å²) in [5, 5.41) is 2.70. The molecular weight excluding hydrogens is 346 g/mol. The molecule has 0 unspecified atom stereocenters. The lowest BCUT2D eigenvalue weighted by Crippen LogP contribution is -2.28. The van der Waals surface area contributed by atoms with Crippen molar-refractivity contribution in [3.05, 3.63) is 59.4 Å². The summed E-state index contributed by atoms with van der Waals surface area (Å²) in [7, 11) is 0. The van der Waals surface area contributed by atoms with Crippen LogP contribution in [0.15, 0.2) is 42.7 Å². The van der Waals surface area contributed by atoms with Gasteiger partial charge in [-0.05, 0) is 38.0 Å². The number of anilines is 1. The number of nitrogens with one attached hydrogen (secondary N) is 1. The van der Waals surface area contributed by atoms with Gasteiger partial charge in [-0.3, -0.25) is 14.6 Å². The molecule has 7 heteroatoms. The Morgan fingerprint density at radius 2 is 1.81 bits per heavy atom. The molecule has 1 aromatic carbocycles. The van der Waals surface area contributed by atoms with Gasteiger partial charge in [-0.2, -0.15) is 0 Å². The van der Waals surface area contributed by atoms with E-state index in [9.17, 15) is 14.4 Å². The minimum Gasteiger partial charge on any atom is -0.462 e. The Balaban J connectivity index is 1.78. The molecule has 0 saturated carbocycles. The number of likely N-dealkylation sites (tertiary alicyclic amines) is 1. The van der Waals surface area contributed by atoms with Crippen molar-refractivity contribution < 1.29 is 19.1 Å². The first-order chi connectivity index (χ1) is 13.1. The van der Waals surface area contributed by atoms with Crippen LogP contribution in [0.3, 0.4) is 0 Å². The number of para-hydroxylation sites is 1. The Hall–Kier alpha value is -3.22. The quantitative estimate of drug-likeness (QED) is 0.821. The number of pyridine rings is 1. The van der Waals surface area contributed by atoms with Crippen molar-refractivity contribution in [3.63, 3.8) is 0 Å². The molecule has 1 aromatic heterocycles. The van der Waals surface area contributed by atoms with Crippen LogP contribution in [0.5, 0.6) is 0 Å². The number of aromatic nitrogens is 1. The summed E-state index contributed by atoms with van der Waals surface area (Å²) < 4.78 is 5.01. The van der Waals surface area contributed by atoms with Gasteiger partial charge in [-0.25, -0.2) is 4.79 Å². The highest BCUT2D eigenvalue weighted by Crippen LogP contribution is 2.18. The van der Waals surface area contributed by atoms with Crippen LogP contribution < -0.4 is 5.32 Å². The van der Waals surface area contributed by atoms with E-state index >= 15 is 0 Å². The van der Waals surface area contributed by atoms with E-state index in [2.05, 4.69) is 10.3 Å². The summed E-state index contributed by atoms with van der Waals surface area (Å²) >= 11 is 0. The van der Waals surface area contributed by atoms with Crippen LogP contribution in [-0.2, 0) is 4.74 Å². The highest BCUT2D eigenvalue weighted by Gasteiger charge is 2.21. The summed E-state index contributed by atoms with van der Waals surface area (Å²) in [5.74, 6) is -1.08. The Kier molecular flexibility index (Phi) is 5.80. The van der Waals surface area contributed by atoms with Crippen LogP contribution in [0.4, 0.5) is 5.69 Å². The van der Waals surface area contributed by atoms with E-state index in [0.717, 1.165) is 25.9 Å². The molecule has 2 aromatic rings. The lowest BCUT2D eigenvalue weighted by Gasteiger charge is -2.15. The number of ether oxygens (including phenoxy) is 1. The van der Waals surface area contributed by atoms with E-state index < -0.39 is 11.9 Å². The van der Waals surface area contributed by atoms with Crippen molar-refractivity contribution in [1.82, 2.24) is 9.88 Å². The Labute approximate surface area is 157 Å². The number of rotatable bonds is 5. The Bertz CT molecular complexity index is 860. The molecule has 1 N–H and O–H groups in total. The fourth-order valence-electron chi connectivity index (χ4n) is 2.96. The predicted molar refractivity (Wildman–Crippen MR) is 99.7 cm³/mol. The first-order valence-electron chi connectivity index (χ1n) is 8.92. The number of esters is 1. The fourth-order valence-corrected chi connectivity index (χ4v) is 2.96.